The van der Waals surface area contributed by atoms with Crippen LogP contribution in [0.15, 0.2) is 16.9 Å². The lowest BCUT2D eigenvalue weighted by Gasteiger charge is -2.37. The smallest absolute Gasteiger partial charge is 0.393 e. The van der Waals surface area contributed by atoms with Gasteiger partial charge < -0.3 is 10.0 Å². The number of alkyl halides is 3. The van der Waals surface area contributed by atoms with Crippen molar-refractivity contribution in [3.63, 3.8) is 0 Å². The fraction of sp³-hybridized carbons (Fsp3) is 0.619. The highest BCUT2D eigenvalue weighted by molar-refractivity contribution is 9.10. The molecule has 31 heavy (non-hydrogen) atoms. The molecule has 0 bridgehead atoms. The molecule has 2 aromatic rings. The van der Waals surface area contributed by atoms with Crippen LogP contribution in [0.1, 0.15) is 59.6 Å². The molecule has 1 saturated heterocycles. The molecule has 2 saturated carbocycles. The van der Waals surface area contributed by atoms with Crippen LogP contribution < -0.4 is 0 Å². The van der Waals surface area contributed by atoms with Gasteiger partial charge in [0.05, 0.1) is 11.7 Å². The SMILES string of the molecule is O=C(c1nc2c(C(F)(F)F)cc(C3CC3)cn2c1Br)N1CCN([C@@H]2CC[C@H](O)C2)CC1. The van der Waals surface area contributed by atoms with Crippen molar-refractivity contribution >= 4 is 27.5 Å². The Bertz CT molecular complexity index is 1010. The number of piperazine rings is 1. The summed E-state index contributed by atoms with van der Waals surface area (Å²) in [5.41, 5.74) is -0.403. The molecule has 0 radical (unpaired) electrons. The Labute approximate surface area is 186 Å². The predicted octanol–water partition coefficient (Wildman–Crippen LogP) is 3.66. The lowest BCUT2D eigenvalue weighted by molar-refractivity contribution is -0.136. The summed E-state index contributed by atoms with van der Waals surface area (Å²) in [6.07, 6.45) is 1.15. The average Bonchev–Trinajstić information content (AvgIpc) is 3.42. The fourth-order valence-electron chi connectivity index (χ4n) is 4.83. The van der Waals surface area contributed by atoms with E-state index in [4.69, 9.17) is 0 Å². The zero-order valence-corrected chi connectivity index (χ0v) is 18.5. The molecular formula is C21H24BrF3N4O2. The third kappa shape index (κ3) is 3.98. The lowest BCUT2D eigenvalue weighted by Crippen LogP contribution is -2.51. The minimum absolute atomic E-state index is 0.0168. The highest BCUT2D eigenvalue weighted by atomic mass is 79.9. The van der Waals surface area contributed by atoms with Crippen molar-refractivity contribution in [3.05, 3.63) is 33.7 Å². The van der Waals surface area contributed by atoms with E-state index in [1.807, 2.05) is 0 Å². The maximum Gasteiger partial charge on any atom is 0.419 e. The molecule has 1 amide bonds. The number of aliphatic hydroxyl groups excluding tert-OH is 1. The largest absolute Gasteiger partial charge is 0.419 e. The number of amides is 1. The zero-order chi connectivity index (χ0) is 21.9. The van der Waals surface area contributed by atoms with E-state index >= 15 is 0 Å². The fourth-order valence-corrected chi connectivity index (χ4v) is 5.36. The Hall–Kier alpha value is -1.65. The second-order valence-corrected chi connectivity index (χ2v) is 9.60. The number of rotatable bonds is 3. The number of pyridine rings is 1. The van der Waals surface area contributed by atoms with Crippen molar-refractivity contribution in [2.24, 2.45) is 0 Å². The molecule has 2 aromatic heterocycles. The number of carbonyl (C=O) groups is 1. The van der Waals surface area contributed by atoms with Crippen LogP contribution >= 0.6 is 15.9 Å². The van der Waals surface area contributed by atoms with E-state index in [1.54, 1.807) is 11.1 Å². The summed E-state index contributed by atoms with van der Waals surface area (Å²) in [4.78, 5) is 21.2. The molecule has 5 rings (SSSR count). The van der Waals surface area contributed by atoms with Crippen molar-refractivity contribution in [1.29, 1.82) is 0 Å². The maximum atomic E-state index is 13.7. The van der Waals surface area contributed by atoms with Gasteiger partial charge in [0, 0.05) is 38.4 Å². The van der Waals surface area contributed by atoms with Crippen molar-refractivity contribution in [2.45, 2.75) is 56.3 Å². The Morgan fingerprint density at radius 1 is 1.13 bits per heavy atom. The Morgan fingerprint density at radius 2 is 1.84 bits per heavy atom. The topological polar surface area (TPSA) is 61.1 Å². The normalized spacial score (nSPS) is 25.5. The van der Waals surface area contributed by atoms with Crippen LogP contribution in [0, 0.1) is 0 Å². The average molecular weight is 501 g/mol. The van der Waals surface area contributed by atoms with Crippen LogP contribution in [-0.2, 0) is 6.18 Å². The molecule has 3 heterocycles. The van der Waals surface area contributed by atoms with Crippen molar-refractivity contribution < 1.29 is 23.1 Å². The predicted molar refractivity (Wildman–Crippen MR) is 111 cm³/mol. The molecule has 10 heteroatoms. The van der Waals surface area contributed by atoms with Gasteiger partial charge in [0.2, 0.25) is 0 Å². The van der Waals surface area contributed by atoms with Crippen molar-refractivity contribution in [2.75, 3.05) is 26.2 Å². The molecule has 1 N–H and O–H groups in total. The monoisotopic (exact) mass is 500 g/mol. The van der Waals surface area contributed by atoms with E-state index in [0.717, 1.165) is 32.1 Å². The molecule has 1 aliphatic heterocycles. The van der Waals surface area contributed by atoms with Crippen LogP contribution in [0.5, 0.6) is 0 Å². The molecule has 0 aromatic carbocycles. The molecule has 3 aliphatic rings. The Kier molecular flexibility index (Phi) is 5.29. The van der Waals surface area contributed by atoms with Crippen LogP contribution in [0.3, 0.4) is 0 Å². The first-order valence-corrected chi connectivity index (χ1v) is 11.5. The number of nitrogens with zero attached hydrogens (tertiary/aromatic N) is 4. The molecule has 6 nitrogen and oxygen atoms in total. The summed E-state index contributed by atoms with van der Waals surface area (Å²) in [5, 5.41) is 9.77. The number of hydrogen-bond donors (Lipinski definition) is 1. The lowest BCUT2D eigenvalue weighted by atomic mass is 10.1. The van der Waals surface area contributed by atoms with Gasteiger partial charge in [-0.05, 0) is 65.6 Å². The third-order valence-corrected chi connectivity index (χ3v) is 7.49. The quantitative estimate of drug-likeness (QED) is 0.698. The van der Waals surface area contributed by atoms with Crippen LogP contribution in [0.2, 0.25) is 0 Å². The first-order chi connectivity index (χ1) is 14.7. The first-order valence-electron chi connectivity index (χ1n) is 10.7. The number of imidazole rings is 1. The third-order valence-electron chi connectivity index (χ3n) is 6.73. The van der Waals surface area contributed by atoms with Gasteiger partial charge in [-0.3, -0.25) is 14.1 Å². The van der Waals surface area contributed by atoms with Crippen LogP contribution in [0.25, 0.3) is 5.65 Å². The summed E-state index contributed by atoms with van der Waals surface area (Å²) in [6.45, 7) is 2.36. The number of aromatic nitrogens is 2. The summed E-state index contributed by atoms with van der Waals surface area (Å²) in [6, 6.07) is 1.51. The van der Waals surface area contributed by atoms with E-state index in [2.05, 4.69) is 25.8 Å². The molecule has 3 fully saturated rings. The Balaban J connectivity index is 1.40. The summed E-state index contributed by atoms with van der Waals surface area (Å²) in [5.74, 6) is -0.219. The number of aliphatic hydroxyl groups is 1. The standard InChI is InChI=1S/C21H24BrF3N4O2/c22-18-17(20(31)28-7-5-27(6-8-28)14-3-4-15(30)10-14)26-19-16(21(23,24)25)9-13(11-29(18)19)12-1-2-12/h9,11-12,14-15,30H,1-8,10H2/t14-,15+/m1/s1. The molecule has 0 unspecified atom stereocenters. The summed E-state index contributed by atoms with van der Waals surface area (Å²) < 4.78 is 42.8. The van der Waals surface area contributed by atoms with Crippen LogP contribution in [-0.4, -0.2) is 68.5 Å². The summed E-state index contributed by atoms with van der Waals surface area (Å²) in [7, 11) is 0. The number of fused-ring (bicyclic) bond motifs is 1. The van der Waals surface area contributed by atoms with Gasteiger partial charge in [-0.15, -0.1) is 0 Å². The van der Waals surface area contributed by atoms with E-state index in [0.29, 0.717) is 37.8 Å². The molecule has 2 atom stereocenters. The van der Waals surface area contributed by atoms with Gasteiger partial charge in [-0.1, -0.05) is 0 Å². The van der Waals surface area contributed by atoms with Gasteiger partial charge in [-0.2, -0.15) is 13.2 Å². The van der Waals surface area contributed by atoms with Crippen molar-refractivity contribution in [3.8, 4) is 0 Å². The van der Waals surface area contributed by atoms with Gasteiger partial charge in [0.25, 0.3) is 5.91 Å². The summed E-state index contributed by atoms with van der Waals surface area (Å²) >= 11 is 3.34. The molecule has 2 aliphatic carbocycles. The van der Waals surface area contributed by atoms with E-state index in [1.165, 1.54) is 10.5 Å². The highest BCUT2D eigenvalue weighted by Gasteiger charge is 2.38. The van der Waals surface area contributed by atoms with E-state index in [-0.39, 0.29) is 33.9 Å². The van der Waals surface area contributed by atoms with Gasteiger partial charge >= 0.3 is 6.18 Å². The second kappa shape index (κ2) is 7.74. The first kappa shape index (κ1) is 21.2. The molecule has 0 spiro atoms. The van der Waals surface area contributed by atoms with Crippen molar-refractivity contribution in [1.82, 2.24) is 19.2 Å². The van der Waals surface area contributed by atoms with Gasteiger partial charge in [0.1, 0.15) is 4.60 Å². The minimum Gasteiger partial charge on any atom is -0.393 e. The number of halogens is 4. The zero-order valence-electron chi connectivity index (χ0n) is 16.9. The van der Waals surface area contributed by atoms with Gasteiger partial charge in [-0.25, -0.2) is 4.98 Å². The second-order valence-electron chi connectivity index (χ2n) is 8.85. The highest BCUT2D eigenvalue weighted by Crippen LogP contribution is 2.43. The Morgan fingerprint density at radius 3 is 2.42 bits per heavy atom. The van der Waals surface area contributed by atoms with E-state index < -0.39 is 11.7 Å². The minimum atomic E-state index is -4.55. The maximum absolute atomic E-state index is 13.7. The van der Waals surface area contributed by atoms with Gasteiger partial charge in [0.15, 0.2) is 11.3 Å². The van der Waals surface area contributed by atoms with E-state index in [9.17, 15) is 23.1 Å². The van der Waals surface area contributed by atoms with Crippen LogP contribution in [0.4, 0.5) is 13.2 Å². The molecular weight excluding hydrogens is 477 g/mol. The number of carbonyl (C=O) groups excluding carboxylic acids is 1. The molecule has 168 valence electrons. The number of hydrogen-bond acceptors (Lipinski definition) is 4.